The van der Waals surface area contributed by atoms with Crippen molar-refractivity contribution in [1.82, 2.24) is 5.32 Å². The Morgan fingerprint density at radius 1 is 1.17 bits per heavy atom. The minimum Gasteiger partial charge on any atom is -0.479 e. The van der Waals surface area contributed by atoms with E-state index in [4.69, 9.17) is 10.3 Å². The molecule has 1 aromatic carbocycles. The molecular formula is C21H33N2O6P. The van der Waals surface area contributed by atoms with Crippen molar-refractivity contribution < 1.29 is 28.7 Å². The topological polar surface area (TPSA) is 139 Å². The highest BCUT2D eigenvalue weighted by molar-refractivity contribution is 7.54. The molecule has 5 N–H and O–H groups in total. The van der Waals surface area contributed by atoms with E-state index in [0.717, 1.165) is 18.4 Å². The lowest BCUT2D eigenvalue weighted by Crippen LogP contribution is -2.47. The molecular weight excluding hydrogens is 407 g/mol. The fraction of sp³-hybridized carbons (Fsp3) is 0.619. The van der Waals surface area contributed by atoms with Gasteiger partial charge >= 0.3 is 13.6 Å². The lowest BCUT2D eigenvalue weighted by atomic mass is 10.1. The predicted molar refractivity (Wildman–Crippen MR) is 114 cm³/mol. The third-order valence-electron chi connectivity index (χ3n) is 5.54. The Morgan fingerprint density at radius 3 is 2.43 bits per heavy atom. The van der Waals surface area contributed by atoms with Gasteiger partial charge in [0.25, 0.3) is 0 Å². The van der Waals surface area contributed by atoms with Crippen molar-refractivity contribution in [1.29, 1.82) is 0 Å². The maximum Gasteiger partial charge on any atom is 0.354 e. The molecule has 1 unspecified atom stereocenters. The molecule has 2 rings (SSSR count). The maximum absolute atomic E-state index is 13.2. The van der Waals surface area contributed by atoms with E-state index in [1.54, 1.807) is 0 Å². The van der Waals surface area contributed by atoms with E-state index in [1.165, 1.54) is 0 Å². The van der Waals surface area contributed by atoms with Gasteiger partial charge in [-0.1, -0.05) is 56.0 Å². The van der Waals surface area contributed by atoms with Crippen molar-refractivity contribution in [3.05, 3.63) is 35.9 Å². The zero-order chi connectivity index (χ0) is 22.0. The molecule has 0 radical (unpaired) electrons. The fourth-order valence-electron chi connectivity index (χ4n) is 3.81. The highest BCUT2D eigenvalue weighted by atomic mass is 31.2. The van der Waals surface area contributed by atoms with E-state index >= 15 is 0 Å². The molecule has 0 saturated heterocycles. The molecule has 1 fully saturated rings. The van der Waals surface area contributed by atoms with Crippen LogP contribution in [0.4, 0.5) is 0 Å². The number of aliphatic carboxylic acids is 1. The van der Waals surface area contributed by atoms with E-state index < -0.39 is 24.9 Å². The van der Waals surface area contributed by atoms with E-state index in [9.17, 15) is 24.2 Å². The Balaban J connectivity index is 2.02. The summed E-state index contributed by atoms with van der Waals surface area (Å²) >= 11 is 0. The predicted octanol–water partition coefficient (Wildman–Crippen LogP) is 3.18. The molecule has 1 aromatic rings. The second kappa shape index (κ2) is 11.6. The molecule has 168 valence electrons. The van der Waals surface area contributed by atoms with Crippen molar-refractivity contribution in [2.24, 2.45) is 5.73 Å². The summed E-state index contributed by atoms with van der Waals surface area (Å²) in [4.78, 5) is 34.9. The Morgan fingerprint density at radius 2 is 1.83 bits per heavy atom. The maximum atomic E-state index is 13.2. The molecule has 0 bridgehead atoms. The molecule has 1 aliphatic rings. The number of carbonyl (C=O) groups is 2. The Labute approximate surface area is 177 Å². The normalized spacial score (nSPS) is 18.5. The number of nitrogens with two attached hydrogens (primary N) is 1. The van der Waals surface area contributed by atoms with Gasteiger partial charge < -0.3 is 21.1 Å². The number of carboxylic acid groups (broad SMARTS) is 1. The molecule has 0 aromatic heterocycles. The van der Waals surface area contributed by atoms with Crippen LogP contribution in [0.1, 0.15) is 63.4 Å². The van der Waals surface area contributed by atoms with Gasteiger partial charge in [0.15, 0.2) is 6.10 Å². The first-order chi connectivity index (χ1) is 14.3. The van der Waals surface area contributed by atoms with Crippen molar-refractivity contribution in [2.45, 2.75) is 75.6 Å². The Kier molecular flexibility index (Phi) is 9.49. The van der Waals surface area contributed by atoms with Gasteiger partial charge in [-0.3, -0.25) is 13.9 Å². The van der Waals surface area contributed by atoms with Crippen molar-refractivity contribution in [2.75, 3.05) is 6.54 Å². The van der Waals surface area contributed by atoms with Crippen LogP contribution in [0.25, 0.3) is 0 Å². The van der Waals surface area contributed by atoms with E-state index in [0.29, 0.717) is 32.2 Å². The summed E-state index contributed by atoms with van der Waals surface area (Å²) in [6.45, 7) is 0.509. The zero-order valence-corrected chi connectivity index (χ0v) is 18.2. The molecule has 0 aliphatic heterocycles. The number of carbonyl (C=O) groups excluding carboxylic acids is 1. The number of benzene rings is 1. The second-order valence-corrected chi connectivity index (χ2v) is 9.97. The molecule has 0 heterocycles. The van der Waals surface area contributed by atoms with Gasteiger partial charge in [-0.2, -0.15) is 0 Å². The van der Waals surface area contributed by atoms with Crippen molar-refractivity contribution in [3.8, 4) is 0 Å². The van der Waals surface area contributed by atoms with Crippen LogP contribution < -0.4 is 11.1 Å². The average Bonchev–Trinajstić information content (AvgIpc) is 3.19. The lowest BCUT2D eigenvalue weighted by molar-refractivity contribution is -0.146. The third kappa shape index (κ3) is 6.91. The fourth-order valence-corrected chi connectivity index (χ4v) is 5.70. The summed E-state index contributed by atoms with van der Waals surface area (Å²) in [5.41, 5.74) is 6.44. The smallest absolute Gasteiger partial charge is 0.354 e. The number of unbranched alkanes of at least 4 members (excludes halogenated alkanes) is 2. The van der Waals surface area contributed by atoms with Gasteiger partial charge in [-0.05, 0) is 44.2 Å². The summed E-state index contributed by atoms with van der Waals surface area (Å²) in [6.07, 6.45) is 3.34. The minimum absolute atomic E-state index is 0.123. The van der Waals surface area contributed by atoms with Gasteiger partial charge in [-0.15, -0.1) is 0 Å². The van der Waals surface area contributed by atoms with Crippen LogP contribution in [-0.4, -0.2) is 39.8 Å². The van der Waals surface area contributed by atoms with Gasteiger partial charge in [0, 0.05) is 6.42 Å². The Hall–Kier alpha value is -1.73. The summed E-state index contributed by atoms with van der Waals surface area (Å²) < 4.78 is 18.5. The first-order valence-corrected chi connectivity index (χ1v) is 12.2. The van der Waals surface area contributed by atoms with Crippen LogP contribution in [0, 0.1) is 0 Å². The van der Waals surface area contributed by atoms with Crippen LogP contribution in [0.2, 0.25) is 0 Å². The van der Waals surface area contributed by atoms with E-state index in [1.807, 2.05) is 30.3 Å². The molecule has 1 amide bonds. The molecule has 8 nitrogen and oxygen atoms in total. The molecule has 2 atom stereocenters. The number of hydrogen-bond acceptors (Lipinski definition) is 5. The molecule has 1 saturated carbocycles. The van der Waals surface area contributed by atoms with E-state index in [2.05, 4.69) is 5.32 Å². The van der Waals surface area contributed by atoms with Gasteiger partial charge in [-0.25, -0.2) is 4.79 Å². The summed E-state index contributed by atoms with van der Waals surface area (Å²) in [5, 5.41) is 10.8. The largest absolute Gasteiger partial charge is 0.479 e. The summed E-state index contributed by atoms with van der Waals surface area (Å²) in [5.74, 6) is -1.62. The molecule has 1 aliphatic carbocycles. The number of carboxylic acids is 1. The van der Waals surface area contributed by atoms with Gasteiger partial charge in [0.2, 0.25) is 5.91 Å². The molecule has 0 spiro atoms. The van der Waals surface area contributed by atoms with Crippen molar-refractivity contribution in [3.63, 3.8) is 0 Å². The number of hydrogen-bond donors (Lipinski definition) is 4. The standard InChI is InChI=1S/C21H33N2O6P/c22-16-8-2-5-11-18(20(25)26)29-30(27,28)21(14-6-7-15-21)23-19(24)13-12-17-9-3-1-4-10-17/h1,3-4,9-10,18H,2,5-8,11-16,22H2,(H,23,24)(H,25,26)(H,27,28)/t18-/m0/s1. The Bertz CT molecular complexity index is 736. The molecule has 30 heavy (non-hydrogen) atoms. The summed E-state index contributed by atoms with van der Waals surface area (Å²) in [7, 11) is -4.42. The average molecular weight is 440 g/mol. The monoisotopic (exact) mass is 440 g/mol. The van der Waals surface area contributed by atoms with E-state index in [-0.39, 0.29) is 31.6 Å². The van der Waals surface area contributed by atoms with Gasteiger partial charge in [0.1, 0.15) is 5.28 Å². The van der Waals surface area contributed by atoms with Crippen LogP contribution in [0.15, 0.2) is 30.3 Å². The molecule has 9 heteroatoms. The van der Waals surface area contributed by atoms with Crippen LogP contribution in [0.5, 0.6) is 0 Å². The number of nitrogens with one attached hydrogen (secondary N) is 1. The third-order valence-corrected chi connectivity index (χ3v) is 7.72. The lowest BCUT2D eigenvalue weighted by Gasteiger charge is -2.35. The quantitative estimate of drug-likeness (QED) is 0.273. The minimum atomic E-state index is -4.42. The second-order valence-electron chi connectivity index (χ2n) is 7.86. The highest BCUT2D eigenvalue weighted by Crippen LogP contribution is 2.61. The van der Waals surface area contributed by atoms with Crippen LogP contribution in [0.3, 0.4) is 0 Å². The SMILES string of the molecule is NCCCCC[C@H](OP(=O)(O)C1(NC(=O)CCc2ccccc2)CCCC1)C(=O)O. The number of rotatable bonds is 13. The van der Waals surface area contributed by atoms with Crippen LogP contribution >= 0.6 is 7.60 Å². The first kappa shape index (κ1) is 24.5. The highest BCUT2D eigenvalue weighted by Gasteiger charge is 2.53. The number of amides is 1. The summed E-state index contributed by atoms with van der Waals surface area (Å²) in [6, 6.07) is 9.51. The number of aryl methyl sites for hydroxylation is 1. The van der Waals surface area contributed by atoms with Crippen LogP contribution in [-0.2, 0) is 25.1 Å². The first-order valence-electron chi connectivity index (χ1n) is 10.6. The zero-order valence-electron chi connectivity index (χ0n) is 17.3. The van der Waals surface area contributed by atoms with Gasteiger partial charge in [0.05, 0.1) is 0 Å². The van der Waals surface area contributed by atoms with Crippen molar-refractivity contribution >= 4 is 19.5 Å².